The molecule has 0 radical (unpaired) electrons. The molecule has 0 aliphatic carbocycles. The van der Waals surface area contributed by atoms with Gasteiger partial charge in [0.05, 0.1) is 0 Å². The van der Waals surface area contributed by atoms with Crippen LogP contribution >= 0.6 is 0 Å². The van der Waals surface area contributed by atoms with Gasteiger partial charge in [0.2, 0.25) is 0 Å². The molecule has 128 valence electrons. The molecular weight excluding hydrogens is 264 g/mol. The second-order valence-electron chi connectivity index (χ2n) is 7.30. The summed E-state index contributed by atoms with van der Waals surface area (Å²) in [5, 5.41) is 0. The quantitative estimate of drug-likeness (QED) is 0.320. The highest BCUT2D eigenvalue weighted by Gasteiger charge is 1.96. The zero-order valence-corrected chi connectivity index (χ0v) is 16.2. The van der Waals surface area contributed by atoms with Gasteiger partial charge in [-0.25, -0.2) is 0 Å². The van der Waals surface area contributed by atoms with E-state index in [0.29, 0.717) is 0 Å². The second kappa shape index (κ2) is 13.9. The van der Waals surface area contributed by atoms with Gasteiger partial charge in [0, 0.05) is 0 Å². The van der Waals surface area contributed by atoms with Gasteiger partial charge < -0.3 is 0 Å². The predicted octanol–water partition coefficient (Wildman–Crippen LogP) is 8.01. The van der Waals surface area contributed by atoms with Crippen molar-refractivity contribution in [1.82, 2.24) is 0 Å². The minimum atomic E-state index is 0.841. The molecule has 0 saturated carbocycles. The summed E-state index contributed by atoms with van der Waals surface area (Å²) >= 11 is 0. The Bertz CT molecular complexity index is 352. The Kier molecular flexibility index (Phi) is 13.4. The van der Waals surface area contributed by atoms with Gasteiger partial charge in [0.25, 0.3) is 0 Å². The minimum Gasteiger partial charge on any atom is -0.0856 e. The lowest BCUT2D eigenvalue weighted by molar-refractivity contribution is 0.554. The smallest absolute Gasteiger partial charge is 0.0288 e. The molecule has 0 spiro atoms. The molecular formula is C22H40. The first-order chi connectivity index (χ1) is 10.5. The van der Waals surface area contributed by atoms with E-state index in [-0.39, 0.29) is 0 Å². The zero-order chi connectivity index (χ0) is 16.8. The summed E-state index contributed by atoms with van der Waals surface area (Å²) in [4.78, 5) is 0. The van der Waals surface area contributed by atoms with Crippen LogP contribution in [0.15, 0.2) is 34.9 Å². The van der Waals surface area contributed by atoms with Crippen molar-refractivity contribution >= 4 is 0 Å². The maximum absolute atomic E-state index is 2.45. The van der Waals surface area contributed by atoms with Gasteiger partial charge >= 0.3 is 0 Å². The number of allylic oxidation sites excluding steroid dienone is 6. The molecule has 22 heavy (non-hydrogen) atoms. The summed E-state index contributed by atoms with van der Waals surface area (Å²) in [5.74, 6) is 0.841. The van der Waals surface area contributed by atoms with Crippen LogP contribution in [0.5, 0.6) is 0 Å². The van der Waals surface area contributed by atoms with Crippen LogP contribution in [-0.4, -0.2) is 0 Å². The van der Waals surface area contributed by atoms with Crippen molar-refractivity contribution in [1.29, 1.82) is 0 Å². The topological polar surface area (TPSA) is 0 Å². The van der Waals surface area contributed by atoms with E-state index in [9.17, 15) is 0 Å². The summed E-state index contributed by atoms with van der Waals surface area (Å²) in [5.41, 5.74) is 4.67. The number of hydrogen-bond acceptors (Lipinski definition) is 0. The summed E-state index contributed by atoms with van der Waals surface area (Å²) in [7, 11) is 0. The Hall–Kier alpha value is -0.780. The lowest BCUT2D eigenvalue weighted by Gasteiger charge is -2.05. The highest BCUT2D eigenvalue weighted by atomic mass is 14.0. The zero-order valence-electron chi connectivity index (χ0n) is 16.2. The molecule has 0 rings (SSSR count). The standard InChI is InChI=1S/C22H40/c1-7-8-13-20(4)15-10-17-22(6)18-11-16-21(5)14-9-12-19(2)3/h13,16-17,19H,7-12,14-15,18H2,1-6H3/b20-13+,21-16+,22-17+. The highest BCUT2D eigenvalue weighted by Crippen LogP contribution is 2.15. The molecule has 0 nitrogen and oxygen atoms in total. The van der Waals surface area contributed by atoms with E-state index in [4.69, 9.17) is 0 Å². The molecule has 0 fully saturated rings. The van der Waals surface area contributed by atoms with Gasteiger partial charge in [0.1, 0.15) is 0 Å². The van der Waals surface area contributed by atoms with Crippen molar-refractivity contribution in [3.63, 3.8) is 0 Å². The molecule has 0 aliphatic rings. The molecule has 0 heteroatoms. The molecule has 0 amide bonds. The van der Waals surface area contributed by atoms with Crippen LogP contribution < -0.4 is 0 Å². The maximum atomic E-state index is 2.45. The van der Waals surface area contributed by atoms with E-state index in [2.05, 4.69) is 59.8 Å². The first-order valence-electron chi connectivity index (χ1n) is 9.42. The first kappa shape index (κ1) is 21.2. The lowest BCUT2D eigenvalue weighted by atomic mass is 10.0. The second-order valence-corrected chi connectivity index (χ2v) is 7.30. The highest BCUT2D eigenvalue weighted by molar-refractivity contribution is 5.06. The molecule has 0 heterocycles. The molecule has 0 aliphatic heterocycles. The van der Waals surface area contributed by atoms with Crippen molar-refractivity contribution in [2.75, 3.05) is 0 Å². The molecule has 0 aromatic heterocycles. The van der Waals surface area contributed by atoms with Crippen molar-refractivity contribution in [2.24, 2.45) is 5.92 Å². The van der Waals surface area contributed by atoms with Crippen LogP contribution in [0, 0.1) is 5.92 Å². The fraction of sp³-hybridized carbons (Fsp3) is 0.727. The Labute approximate surface area is 140 Å². The van der Waals surface area contributed by atoms with E-state index in [1.807, 2.05) is 0 Å². The van der Waals surface area contributed by atoms with E-state index < -0.39 is 0 Å². The van der Waals surface area contributed by atoms with E-state index in [1.165, 1.54) is 57.8 Å². The molecule has 0 N–H and O–H groups in total. The third kappa shape index (κ3) is 14.2. The largest absolute Gasteiger partial charge is 0.0856 e. The van der Waals surface area contributed by atoms with Crippen LogP contribution in [0.3, 0.4) is 0 Å². The van der Waals surface area contributed by atoms with E-state index >= 15 is 0 Å². The number of hydrogen-bond donors (Lipinski definition) is 0. The fourth-order valence-electron chi connectivity index (χ4n) is 2.58. The van der Waals surface area contributed by atoms with Crippen LogP contribution in [0.4, 0.5) is 0 Å². The Morgan fingerprint density at radius 2 is 1.18 bits per heavy atom. The van der Waals surface area contributed by atoms with E-state index in [0.717, 1.165) is 5.92 Å². The third-order valence-corrected chi connectivity index (χ3v) is 4.20. The molecule has 0 unspecified atom stereocenters. The maximum Gasteiger partial charge on any atom is -0.0288 e. The monoisotopic (exact) mass is 304 g/mol. The summed E-state index contributed by atoms with van der Waals surface area (Å²) in [6.07, 6.45) is 18.6. The fourth-order valence-corrected chi connectivity index (χ4v) is 2.58. The normalized spacial score (nSPS) is 14.0. The van der Waals surface area contributed by atoms with Crippen LogP contribution in [0.1, 0.15) is 99.3 Å². The van der Waals surface area contributed by atoms with E-state index in [1.54, 1.807) is 16.7 Å². The number of unbranched alkanes of at least 4 members (excludes halogenated alkanes) is 1. The summed E-state index contributed by atoms with van der Waals surface area (Å²) in [6.45, 7) is 13.7. The Balaban J connectivity index is 3.87. The van der Waals surface area contributed by atoms with Gasteiger partial charge in [-0.15, -0.1) is 0 Å². The Morgan fingerprint density at radius 3 is 1.64 bits per heavy atom. The van der Waals surface area contributed by atoms with Crippen LogP contribution in [0.25, 0.3) is 0 Å². The Morgan fingerprint density at radius 1 is 0.727 bits per heavy atom. The summed E-state index contributed by atoms with van der Waals surface area (Å²) in [6, 6.07) is 0. The molecule has 0 bridgehead atoms. The van der Waals surface area contributed by atoms with Crippen molar-refractivity contribution in [3.05, 3.63) is 34.9 Å². The van der Waals surface area contributed by atoms with Crippen LogP contribution in [-0.2, 0) is 0 Å². The van der Waals surface area contributed by atoms with Crippen molar-refractivity contribution < 1.29 is 0 Å². The van der Waals surface area contributed by atoms with Crippen molar-refractivity contribution in [3.8, 4) is 0 Å². The molecule has 0 aromatic rings. The number of rotatable bonds is 12. The minimum absolute atomic E-state index is 0.841. The van der Waals surface area contributed by atoms with Gasteiger partial charge in [-0.3, -0.25) is 0 Å². The first-order valence-corrected chi connectivity index (χ1v) is 9.42. The molecule has 0 saturated heterocycles. The van der Waals surface area contributed by atoms with Gasteiger partial charge in [-0.2, -0.15) is 0 Å². The average molecular weight is 305 g/mol. The van der Waals surface area contributed by atoms with Crippen LogP contribution in [0.2, 0.25) is 0 Å². The van der Waals surface area contributed by atoms with Gasteiger partial charge in [-0.05, 0) is 71.6 Å². The summed E-state index contributed by atoms with van der Waals surface area (Å²) < 4.78 is 0. The molecule has 0 aromatic carbocycles. The lowest BCUT2D eigenvalue weighted by Crippen LogP contribution is -1.88. The van der Waals surface area contributed by atoms with Gasteiger partial charge in [0.15, 0.2) is 0 Å². The third-order valence-electron chi connectivity index (χ3n) is 4.20. The van der Waals surface area contributed by atoms with Gasteiger partial charge in [-0.1, -0.05) is 68.6 Å². The predicted molar refractivity (Wildman–Crippen MR) is 103 cm³/mol. The van der Waals surface area contributed by atoms with Crippen molar-refractivity contribution in [2.45, 2.75) is 99.3 Å². The molecule has 0 atom stereocenters. The average Bonchev–Trinajstić information content (AvgIpc) is 2.44. The SMILES string of the molecule is CCC/C=C(\C)CC/C=C(\C)CC/C=C(\C)CCCC(C)C.